The fraction of sp³-hybridized carbons (Fsp3) is 0.130. The minimum absolute atomic E-state index is 0.0621. The van der Waals surface area contributed by atoms with Gasteiger partial charge in [0.1, 0.15) is 5.82 Å². The molecule has 0 fully saturated rings. The molecule has 1 N–H and O–H groups in total. The maximum atomic E-state index is 12.7. The van der Waals surface area contributed by atoms with E-state index in [9.17, 15) is 14.9 Å². The van der Waals surface area contributed by atoms with Crippen molar-refractivity contribution < 1.29 is 9.72 Å². The van der Waals surface area contributed by atoms with E-state index in [1.807, 2.05) is 55.5 Å². The molecule has 1 heterocycles. The summed E-state index contributed by atoms with van der Waals surface area (Å²) in [5, 5.41) is 14.4. The number of hydrogen-bond acceptors (Lipinski definition) is 4. The lowest BCUT2D eigenvalue weighted by Crippen LogP contribution is -2.28. The number of nitro groups is 1. The Morgan fingerprint density at radius 1 is 1.13 bits per heavy atom. The molecule has 0 aliphatic heterocycles. The normalized spacial score (nSPS) is 11.9. The topological polar surface area (TPSA) is 90.1 Å². The van der Waals surface area contributed by atoms with Crippen molar-refractivity contribution in [3.8, 4) is 0 Å². The number of imidazole rings is 1. The monoisotopic (exact) mass is 434 g/mol. The molecule has 4 rings (SSSR count). The first-order chi connectivity index (χ1) is 14.9. The Bertz CT molecular complexity index is 1270. The number of nitrogens with zero attached hydrogens (tertiary/aromatic N) is 3. The molecule has 0 bridgehead atoms. The molecule has 156 valence electrons. The third kappa shape index (κ3) is 4.41. The zero-order valence-corrected chi connectivity index (χ0v) is 17.4. The van der Waals surface area contributed by atoms with Gasteiger partial charge in [0, 0.05) is 29.3 Å². The smallest absolute Gasteiger partial charge is 0.269 e. The van der Waals surface area contributed by atoms with E-state index >= 15 is 0 Å². The molecule has 7 nitrogen and oxygen atoms in total. The number of nitrogens with one attached hydrogen (secondary N) is 1. The molecule has 0 unspecified atom stereocenters. The Morgan fingerprint density at radius 2 is 1.87 bits per heavy atom. The summed E-state index contributed by atoms with van der Waals surface area (Å²) in [5.74, 6) is 0.375. The van der Waals surface area contributed by atoms with Crippen molar-refractivity contribution in [1.82, 2.24) is 14.9 Å². The lowest BCUT2D eigenvalue weighted by molar-refractivity contribution is -0.384. The summed E-state index contributed by atoms with van der Waals surface area (Å²) in [5.41, 5.74) is 3.08. The van der Waals surface area contributed by atoms with Gasteiger partial charge in [0.25, 0.3) is 11.6 Å². The van der Waals surface area contributed by atoms with Gasteiger partial charge >= 0.3 is 0 Å². The summed E-state index contributed by atoms with van der Waals surface area (Å²) in [6.07, 6.45) is 0. The number of para-hydroxylation sites is 2. The van der Waals surface area contributed by atoms with Crippen molar-refractivity contribution in [3.63, 3.8) is 0 Å². The number of benzene rings is 3. The second kappa shape index (κ2) is 8.57. The summed E-state index contributed by atoms with van der Waals surface area (Å²) in [7, 11) is 0. The Labute approximate surface area is 183 Å². The van der Waals surface area contributed by atoms with E-state index < -0.39 is 11.0 Å². The van der Waals surface area contributed by atoms with Crippen LogP contribution >= 0.6 is 11.6 Å². The number of amides is 1. The van der Waals surface area contributed by atoms with Crippen LogP contribution in [0.25, 0.3) is 11.0 Å². The number of hydrogen-bond donors (Lipinski definition) is 1. The molecule has 1 amide bonds. The Hall–Kier alpha value is -3.71. The fourth-order valence-electron chi connectivity index (χ4n) is 3.49. The van der Waals surface area contributed by atoms with Crippen LogP contribution in [-0.4, -0.2) is 20.4 Å². The zero-order chi connectivity index (χ0) is 22.0. The van der Waals surface area contributed by atoms with Crippen molar-refractivity contribution in [2.45, 2.75) is 19.5 Å². The van der Waals surface area contributed by atoms with Gasteiger partial charge in [-0.25, -0.2) is 4.98 Å². The third-order valence-electron chi connectivity index (χ3n) is 4.99. The minimum Gasteiger partial charge on any atom is -0.342 e. The van der Waals surface area contributed by atoms with Gasteiger partial charge in [0.2, 0.25) is 0 Å². The number of non-ortho nitro benzene ring substituents is 1. The van der Waals surface area contributed by atoms with E-state index in [0.717, 1.165) is 16.6 Å². The first kappa shape index (κ1) is 20.6. The molecule has 0 radical (unpaired) electrons. The van der Waals surface area contributed by atoms with Crippen molar-refractivity contribution in [3.05, 3.63) is 105 Å². The Balaban J connectivity index is 1.63. The molecule has 0 spiro atoms. The zero-order valence-electron chi connectivity index (χ0n) is 16.7. The van der Waals surface area contributed by atoms with Gasteiger partial charge in [-0.3, -0.25) is 14.9 Å². The van der Waals surface area contributed by atoms with Gasteiger partial charge in [-0.05, 0) is 48.9 Å². The van der Waals surface area contributed by atoms with Gasteiger partial charge in [0.15, 0.2) is 0 Å². The molecular formula is C23H19ClN4O3. The van der Waals surface area contributed by atoms with E-state index in [-0.39, 0.29) is 11.6 Å². The van der Waals surface area contributed by atoms with Crippen LogP contribution in [-0.2, 0) is 6.54 Å². The van der Waals surface area contributed by atoms with Crippen LogP contribution in [0.1, 0.15) is 34.7 Å². The maximum absolute atomic E-state index is 12.7. The highest BCUT2D eigenvalue weighted by atomic mass is 35.5. The summed E-state index contributed by atoms with van der Waals surface area (Å²) >= 11 is 6.15. The third-order valence-corrected chi connectivity index (χ3v) is 5.22. The Kier molecular flexibility index (Phi) is 5.68. The summed E-state index contributed by atoms with van der Waals surface area (Å²) in [6.45, 7) is 2.41. The van der Waals surface area contributed by atoms with Gasteiger partial charge in [-0.15, -0.1) is 0 Å². The molecular weight excluding hydrogens is 416 g/mol. The molecule has 4 aromatic rings. The molecule has 8 heteroatoms. The molecule has 0 aliphatic carbocycles. The van der Waals surface area contributed by atoms with Crippen molar-refractivity contribution in [2.24, 2.45) is 0 Å². The average Bonchev–Trinajstić information content (AvgIpc) is 3.12. The number of fused-ring (bicyclic) bond motifs is 1. The fourth-order valence-corrected chi connectivity index (χ4v) is 3.70. The SMILES string of the molecule is C[C@H](NC(=O)c1ccc([N+](=O)[O-])cc1)c1nc2ccccc2n1Cc1cccc(Cl)c1. The average molecular weight is 435 g/mol. The maximum Gasteiger partial charge on any atom is 0.269 e. The number of halogens is 1. The van der Waals surface area contributed by atoms with Crippen LogP contribution in [0.2, 0.25) is 5.02 Å². The summed E-state index contributed by atoms with van der Waals surface area (Å²) in [6, 6.07) is 20.5. The number of carbonyl (C=O) groups is 1. The van der Waals surface area contributed by atoms with Gasteiger partial charge in [0.05, 0.1) is 22.0 Å². The van der Waals surface area contributed by atoms with E-state index in [2.05, 4.69) is 9.88 Å². The van der Waals surface area contributed by atoms with Crippen LogP contribution in [0.3, 0.4) is 0 Å². The highest BCUT2D eigenvalue weighted by molar-refractivity contribution is 6.30. The summed E-state index contributed by atoms with van der Waals surface area (Å²) in [4.78, 5) is 27.8. The van der Waals surface area contributed by atoms with Gasteiger partial charge in [-0.1, -0.05) is 35.9 Å². The number of nitro benzene ring substituents is 1. The van der Waals surface area contributed by atoms with Crippen LogP contribution in [0.4, 0.5) is 5.69 Å². The molecule has 31 heavy (non-hydrogen) atoms. The van der Waals surface area contributed by atoms with Crippen LogP contribution in [0, 0.1) is 10.1 Å². The van der Waals surface area contributed by atoms with Crippen molar-refractivity contribution in [2.75, 3.05) is 0 Å². The standard InChI is InChI=1S/C23H19ClN4O3/c1-15(25-23(29)17-9-11-19(12-10-17)28(30)31)22-26-20-7-2-3-8-21(20)27(22)14-16-5-4-6-18(24)13-16/h2-13,15H,14H2,1H3,(H,25,29)/t15-/m0/s1. The van der Waals surface area contributed by atoms with E-state index in [1.54, 1.807) is 0 Å². The molecule has 0 aliphatic rings. The molecule has 1 aromatic heterocycles. The van der Waals surface area contributed by atoms with Crippen LogP contribution < -0.4 is 5.32 Å². The predicted molar refractivity (Wildman–Crippen MR) is 119 cm³/mol. The van der Waals surface area contributed by atoms with Gasteiger partial charge in [-0.2, -0.15) is 0 Å². The van der Waals surface area contributed by atoms with Gasteiger partial charge < -0.3 is 9.88 Å². The lowest BCUT2D eigenvalue weighted by Gasteiger charge is -2.17. The Morgan fingerprint density at radius 3 is 2.58 bits per heavy atom. The second-order valence-electron chi connectivity index (χ2n) is 7.17. The van der Waals surface area contributed by atoms with E-state index in [1.165, 1.54) is 24.3 Å². The minimum atomic E-state index is -0.498. The van der Waals surface area contributed by atoms with Crippen molar-refractivity contribution >= 4 is 34.2 Å². The van der Waals surface area contributed by atoms with E-state index in [4.69, 9.17) is 16.6 Å². The van der Waals surface area contributed by atoms with Crippen molar-refractivity contribution in [1.29, 1.82) is 0 Å². The number of aromatic nitrogens is 2. The number of carbonyl (C=O) groups excluding carboxylic acids is 1. The quantitative estimate of drug-likeness (QED) is 0.336. The molecule has 1 atom stereocenters. The molecule has 3 aromatic carbocycles. The molecule has 0 saturated carbocycles. The highest BCUT2D eigenvalue weighted by Crippen LogP contribution is 2.23. The predicted octanol–water partition coefficient (Wildman–Crippen LogP) is 5.14. The summed E-state index contributed by atoms with van der Waals surface area (Å²) < 4.78 is 2.06. The molecule has 0 saturated heterocycles. The van der Waals surface area contributed by atoms with Crippen LogP contribution in [0.5, 0.6) is 0 Å². The van der Waals surface area contributed by atoms with Crippen LogP contribution in [0.15, 0.2) is 72.8 Å². The highest BCUT2D eigenvalue weighted by Gasteiger charge is 2.20. The second-order valence-corrected chi connectivity index (χ2v) is 7.61. The largest absolute Gasteiger partial charge is 0.342 e. The lowest BCUT2D eigenvalue weighted by atomic mass is 10.1. The first-order valence-corrected chi connectivity index (χ1v) is 10.0. The van der Waals surface area contributed by atoms with E-state index in [0.29, 0.717) is 23.0 Å². The number of rotatable bonds is 6. The first-order valence-electron chi connectivity index (χ1n) is 9.67.